The number of rotatable bonds is 7. The lowest BCUT2D eigenvalue weighted by atomic mass is 10.1. The van der Waals surface area contributed by atoms with Crippen molar-refractivity contribution in [1.82, 2.24) is 4.57 Å². The highest BCUT2D eigenvalue weighted by Gasteiger charge is 2.16. The van der Waals surface area contributed by atoms with E-state index >= 15 is 0 Å². The summed E-state index contributed by atoms with van der Waals surface area (Å²) in [5, 5.41) is 23.3. The summed E-state index contributed by atoms with van der Waals surface area (Å²) in [5.74, 6) is 0.730. The van der Waals surface area contributed by atoms with Crippen LogP contribution in [0.1, 0.15) is 11.3 Å². The number of ether oxygens (including phenoxy) is 1. The minimum Gasteiger partial charge on any atom is -0.491 e. The topological polar surface area (TPSA) is 67.0 Å². The number of aliphatic hydroxyl groups excluding tert-OH is 1. The quantitative estimate of drug-likeness (QED) is 0.327. The second-order valence-electron chi connectivity index (χ2n) is 6.18. The Labute approximate surface area is 166 Å². The molecule has 2 aromatic carbocycles. The highest BCUT2D eigenvalue weighted by Crippen LogP contribution is 2.29. The second kappa shape index (κ2) is 8.88. The van der Waals surface area contributed by atoms with Crippen LogP contribution in [0.5, 0.6) is 5.75 Å². The van der Waals surface area contributed by atoms with Crippen LogP contribution in [0.2, 0.25) is 0 Å². The van der Waals surface area contributed by atoms with E-state index in [1.54, 1.807) is 6.08 Å². The molecule has 0 bridgehead atoms. The second-order valence-corrected chi connectivity index (χ2v) is 7.10. The van der Waals surface area contributed by atoms with Gasteiger partial charge in [0.1, 0.15) is 18.5 Å². The molecule has 1 heterocycles. The van der Waals surface area contributed by atoms with E-state index in [1.807, 2.05) is 55.5 Å². The fourth-order valence-electron chi connectivity index (χ4n) is 3.07. The van der Waals surface area contributed by atoms with Crippen molar-refractivity contribution >= 4 is 39.1 Å². The van der Waals surface area contributed by atoms with Crippen LogP contribution in [-0.4, -0.2) is 33.8 Å². The zero-order valence-corrected chi connectivity index (χ0v) is 16.5. The van der Waals surface area contributed by atoms with Crippen LogP contribution >= 0.6 is 15.9 Å². The van der Waals surface area contributed by atoms with E-state index in [-0.39, 0.29) is 6.61 Å². The van der Waals surface area contributed by atoms with E-state index in [1.165, 1.54) is 6.21 Å². The number of aryl methyl sites for hydroxylation is 1. The van der Waals surface area contributed by atoms with Crippen LogP contribution in [0.15, 0.2) is 64.2 Å². The van der Waals surface area contributed by atoms with Crippen LogP contribution < -0.4 is 4.74 Å². The molecule has 0 saturated carbocycles. The first-order valence-corrected chi connectivity index (χ1v) is 9.38. The van der Waals surface area contributed by atoms with E-state index in [0.717, 1.165) is 32.4 Å². The van der Waals surface area contributed by atoms with E-state index in [0.29, 0.717) is 6.54 Å². The number of benzene rings is 2. The Morgan fingerprint density at radius 1 is 1.22 bits per heavy atom. The van der Waals surface area contributed by atoms with Crippen molar-refractivity contribution < 1.29 is 15.1 Å². The Hall–Kier alpha value is -2.57. The van der Waals surface area contributed by atoms with Gasteiger partial charge in [-0.05, 0) is 55.0 Å². The van der Waals surface area contributed by atoms with Gasteiger partial charge in [-0.3, -0.25) is 0 Å². The molecule has 6 heteroatoms. The third-order valence-corrected chi connectivity index (χ3v) is 4.81. The van der Waals surface area contributed by atoms with Crippen LogP contribution in [0.3, 0.4) is 0 Å². The van der Waals surface area contributed by atoms with Gasteiger partial charge < -0.3 is 19.6 Å². The number of aromatic nitrogens is 1. The number of aliphatic hydroxyl groups is 1. The largest absolute Gasteiger partial charge is 0.491 e. The predicted molar refractivity (Wildman–Crippen MR) is 112 cm³/mol. The Bertz CT molecular complexity index is 964. The summed E-state index contributed by atoms with van der Waals surface area (Å²) < 4.78 is 8.72. The van der Waals surface area contributed by atoms with Crippen molar-refractivity contribution in [2.45, 2.75) is 19.6 Å². The lowest BCUT2D eigenvalue weighted by molar-refractivity contribution is 0.0934. The lowest BCUT2D eigenvalue weighted by Crippen LogP contribution is -2.24. The monoisotopic (exact) mass is 428 g/mol. The highest BCUT2D eigenvalue weighted by molar-refractivity contribution is 9.10. The van der Waals surface area contributed by atoms with Gasteiger partial charge in [-0.15, -0.1) is 0 Å². The minimum atomic E-state index is -0.678. The van der Waals surface area contributed by atoms with Crippen LogP contribution in [-0.2, 0) is 6.54 Å². The van der Waals surface area contributed by atoms with Crippen LogP contribution in [0.25, 0.3) is 17.0 Å². The Morgan fingerprint density at radius 3 is 2.74 bits per heavy atom. The molecule has 0 saturated heterocycles. The molecule has 3 rings (SSSR count). The molecular formula is C21H21BrN2O3. The fourth-order valence-corrected chi connectivity index (χ4v) is 3.43. The molecule has 0 amide bonds. The van der Waals surface area contributed by atoms with E-state index in [2.05, 4.69) is 31.7 Å². The molecule has 1 atom stereocenters. The maximum atomic E-state index is 10.5. The Kier molecular flexibility index (Phi) is 6.32. The smallest absolute Gasteiger partial charge is 0.119 e. The predicted octanol–water partition coefficient (Wildman–Crippen LogP) is 4.63. The number of hydrogen-bond acceptors (Lipinski definition) is 4. The number of nitrogens with zero attached hydrogens (tertiary/aromatic N) is 2. The molecule has 140 valence electrons. The molecule has 0 fully saturated rings. The van der Waals surface area contributed by atoms with Crippen molar-refractivity contribution in [3.63, 3.8) is 0 Å². The first-order valence-electron chi connectivity index (χ1n) is 8.58. The van der Waals surface area contributed by atoms with Gasteiger partial charge >= 0.3 is 0 Å². The van der Waals surface area contributed by atoms with Gasteiger partial charge in [0.15, 0.2) is 0 Å². The van der Waals surface area contributed by atoms with Crippen LogP contribution in [0.4, 0.5) is 0 Å². The van der Waals surface area contributed by atoms with E-state index in [9.17, 15) is 5.11 Å². The number of hydrogen-bond donors (Lipinski definition) is 2. The van der Waals surface area contributed by atoms with Crippen molar-refractivity contribution in [2.24, 2.45) is 5.16 Å². The molecule has 0 spiro atoms. The lowest BCUT2D eigenvalue weighted by Gasteiger charge is -2.16. The van der Waals surface area contributed by atoms with Gasteiger partial charge in [-0.1, -0.05) is 39.3 Å². The number of halogens is 1. The first-order chi connectivity index (χ1) is 13.1. The summed E-state index contributed by atoms with van der Waals surface area (Å²) >= 11 is 3.51. The van der Waals surface area contributed by atoms with Gasteiger partial charge in [-0.25, -0.2) is 0 Å². The van der Waals surface area contributed by atoms with Crippen molar-refractivity contribution in [3.05, 3.63) is 70.3 Å². The standard InChI is InChI=1S/C21H21BrN2O3/c1-15-19-12-16(22)9-10-21(19)24(20(15)8-5-11-23-26)13-17(25)14-27-18-6-3-2-4-7-18/h2-12,17,25-26H,13-14H2,1H3/b8-5-,23-11+. The van der Waals surface area contributed by atoms with Crippen LogP contribution in [0, 0.1) is 6.92 Å². The molecular weight excluding hydrogens is 408 g/mol. The number of allylic oxidation sites excluding steroid dienone is 1. The third-order valence-electron chi connectivity index (χ3n) is 4.31. The maximum absolute atomic E-state index is 10.5. The summed E-state index contributed by atoms with van der Waals surface area (Å²) in [6, 6.07) is 15.5. The summed E-state index contributed by atoms with van der Waals surface area (Å²) in [6.45, 7) is 2.61. The average molecular weight is 429 g/mol. The molecule has 5 nitrogen and oxygen atoms in total. The van der Waals surface area contributed by atoms with Gasteiger partial charge in [0, 0.05) is 21.1 Å². The number of fused-ring (bicyclic) bond motifs is 1. The van der Waals surface area contributed by atoms with Gasteiger partial charge in [0.05, 0.1) is 12.8 Å². The summed E-state index contributed by atoms with van der Waals surface area (Å²) in [6.07, 6.45) is 4.17. The zero-order valence-electron chi connectivity index (χ0n) is 14.9. The van der Waals surface area contributed by atoms with E-state index in [4.69, 9.17) is 9.94 Å². The average Bonchev–Trinajstić information content (AvgIpc) is 2.92. The normalized spacial score (nSPS) is 13.0. The Balaban J connectivity index is 1.88. The SMILES string of the molecule is Cc1c(/C=C\C=N\O)n(CC(O)COc2ccccc2)c2ccc(Br)cc12. The molecule has 0 aliphatic heterocycles. The minimum absolute atomic E-state index is 0.195. The Morgan fingerprint density at radius 2 is 2.00 bits per heavy atom. The molecule has 27 heavy (non-hydrogen) atoms. The molecule has 0 aliphatic rings. The molecule has 0 aliphatic carbocycles. The highest BCUT2D eigenvalue weighted by atomic mass is 79.9. The summed E-state index contributed by atoms with van der Waals surface area (Å²) in [5.41, 5.74) is 3.06. The van der Waals surface area contributed by atoms with Crippen molar-refractivity contribution in [3.8, 4) is 5.75 Å². The zero-order chi connectivity index (χ0) is 19.2. The van der Waals surface area contributed by atoms with Gasteiger partial charge in [0.25, 0.3) is 0 Å². The molecule has 2 N–H and O–H groups in total. The van der Waals surface area contributed by atoms with Crippen molar-refractivity contribution in [1.29, 1.82) is 0 Å². The summed E-state index contributed by atoms with van der Waals surface area (Å²) in [7, 11) is 0. The van der Waals surface area contributed by atoms with Crippen molar-refractivity contribution in [2.75, 3.05) is 6.61 Å². The van der Waals surface area contributed by atoms with E-state index < -0.39 is 6.10 Å². The molecule has 0 radical (unpaired) electrons. The number of oxime groups is 1. The summed E-state index contributed by atoms with van der Waals surface area (Å²) in [4.78, 5) is 0. The van der Waals surface area contributed by atoms with Gasteiger partial charge in [0.2, 0.25) is 0 Å². The number of para-hydroxylation sites is 1. The fraction of sp³-hybridized carbons (Fsp3) is 0.190. The first kappa shape index (κ1) is 19.2. The molecule has 3 aromatic rings. The maximum Gasteiger partial charge on any atom is 0.119 e. The third kappa shape index (κ3) is 4.59. The molecule has 1 unspecified atom stereocenters. The molecule has 1 aromatic heterocycles. The van der Waals surface area contributed by atoms with Gasteiger partial charge in [-0.2, -0.15) is 0 Å².